The van der Waals surface area contributed by atoms with Crippen LogP contribution in [0.4, 0.5) is 28.8 Å². The molecule has 1 saturated heterocycles. The average molecular weight is 531 g/mol. The van der Waals surface area contributed by atoms with Crippen LogP contribution in [0.25, 0.3) is 0 Å². The smallest absolute Gasteiger partial charge is 0.265 e. The van der Waals surface area contributed by atoms with Crippen molar-refractivity contribution in [3.8, 4) is 5.75 Å². The number of fused-ring (bicyclic) bond motifs is 1. The number of carbonyl (C=O) groups excluding carboxylic acids is 2. The summed E-state index contributed by atoms with van der Waals surface area (Å²) in [6.07, 6.45) is 1.65. The van der Waals surface area contributed by atoms with Crippen molar-refractivity contribution in [3.63, 3.8) is 0 Å². The molecule has 39 heavy (non-hydrogen) atoms. The molecule has 2 amide bonds. The monoisotopic (exact) mass is 530 g/mol. The largest absolute Gasteiger partial charge is 0.495 e. The first-order chi connectivity index (χ1) is 18.8. The summed E-state index contributed by atoms with van der Waals surface area (Å²) in [6, 6.07) is 15.1. The average Bonchev–Trinajstić information content (AvgIpc) is 3.05. The molecule has 0 radical (unpaired) electrons. The molecule has 0 spiro atoms. The topological polar surface area (TPSA) is 106 Å². The minimum Gasteiger partial charge on any atom is -0.495 e. The lowest BCUT2D eigenvalue weighted by Crippen LogP contribution is -2.52. The second-order valence-electron chi connectivity index (χ2n) is 9.92. The number of piperazine rings is 1. The number of para-hydroxylation sites is 1. The summed E-state index contributed by atoms with van der Waals surface area (Å²) in [5.41, 5.74) is 5.65. The first kappa shape index (κ1) is 26.4. The summed E-state index contributed by atoms with van der Waals surface area (Å²) >= 11 is 0. The van der Waals surface area contributed by atoms with Gasteiger partial charge < -0.3 is 24.8 Å². The molecule has 11 nitrogen and oxygen atoms in total. The van der Waals surface area contributed by atoms with Gasteiger partial charge in [0.25, 0.3) is 5.91 Å². The van der Waals surface area contributed by atoms with Crippen LogP contribution < -0.4 is 25.3 Å². The molecule has 1 fully saturated rings. The highest BCUT2D eigenvalue weighted by molar-refractivity contribution is 5.99. The number of benzene rings is 2. The maximum atomic E-state index is 12.9. The van der Waals surface area contributed by atoms with Crippen molar-refractivity contribution < 1.29 is 14.3 Å². The zero-order chi connectivity index (χ0) is 27.5. The van der Waals surface area contributed by atoms with Gasteiger partial charge in [0.05, 0.1) is 24.9 Å². The van der Waals surface area contributed by atoms with E-state index in [9.17, 15) is 9.59 Å². The Kier molecular flexibility index (Phi) is 7.62. The summed E-state index contributed by atoms with van der Waals surface area (Å²) in [5, 5.41) is 5.17. The van der Waals surface area contributed by atoms with Gasteiger partial charge >= 0.3 is 0 Å². The van der Waals surface area contributed by atoms with Crippen LogP contribution in [0.15, 0.2) is 54.7 Å². The van der Waals surface area contributed by atoms with E-state index in [-0.39, 0.29) is 17.7 Å². The minimum atomic E-state index is -0.231. The van der Waals surface area contributed by atoms with E-state index in [1.165, 1.54) is 0 Å². The van der Waals surface area contributed by atoms with Crippen molar-refractivity contribution in [2.75, 3.05) is 69.0 Å². The van der Waals surface area contributed by atoms with Crippen molar-refractivity contribution in [1.29, 1.82) is 0 Å². The number of nitrogens with zero attached hydrogens (tertiary/aromatic N) is 6. The van der Waals surface area contributed by atoms with Crippen LogP contribution in [0.5, 0.6) is 5.75 Å². The number of nitrogens with one attached hydrogen (secondary N) is 2. The molecule has 11 heteroatoms. The summed E-state index contributed by atoms with van der Waals surface area (Å²) in [4.78, 5) is 41.0. The Morgan fingerprint density at radius 1 is 1.05 bits per heavy atom. The molecule has 2 aliphatic heterocycles. The quantitative estimate of drug-likeness (QED) is 0.498. The van der Waals surface area contributed by atoms with Gasteiger partial charge in [-0.25, -0.2) is 9.99 Å². The maximum Gasteiger partial charge on any atom is 0.265 e. The molecule has 204 valence electrons. The van der Waals surface area contributed by atoms with Crippen molar-refractivity contribution in [3.05, 3.63) is 60.3 Å². The number of hydrogen-bond acceptors (Lipinski definition) is 9. The lowest BCUT2D eigenvalue weighted by molar-refractivity contribution is -0.121. The van der Waals surface area contributed by atoms with Crippen LogP contribution >= 0.6 is 0 Å². The SMILES string of the molecule is COc1cc(C(=O)NN2CCN(C)CC2)ccc1Nc1ncc2c(n1)N(c1ccccc1)CC(C)C(=O)N2C. The van der Waals surface area contributed by atoms with Crippen molar-refractivity contribution >= 4 is 40.6 Å². The van der Waals surface area contributed by atoms with Gasteiger partial charge in [-0.3, -0.25) is 15.0 Å². The van der Waals surface area contributed by atoms with Crippen molar-refractivity contribution in [1.82, 2.24) is 25.3 Å². The molecule has 0 bridgehead atoms. The number of ether oxygens (including phenoxy) is 1. The van der Waals surface area contributed by atoms with Crippen LogP contribution in [0.2, 0.25) is 0 Å². The first-order valence-corrected chi connectivity index (χ1v) is 13.0. The molecule has 2 aliphatic rings. The zero-order valence-electron chi connectivity index (χ0n) is 22.7. The Morgan fingerprint density at radius 2 is 1.79 bits per heavy atom. The second-order valence-corrected chi connectivity index (χ2v) is 9.92. The summed E-state index contributed by atoms with van der Waals surface area (Å²) in [7, 11) is 5.37. The molecule has 3 aromatic rings. The number of hydrazine groups is 1. The molecule has 2 aromatic carbocycles. The predicted molar refractivity (Wildman–Crippen MR) is 151 cm³/mol. The third-order valence-corrected chi connectivity index (χ3v) is 7.12. The highest BCUT2D eigenvalue weighted by atomic mass is 16.5. The Balaban J connectivity index is 1.40. The maximum absolute atomic E-state index is 12.9. The van der Waals surface area contributed by atoms with Crippen molar-refractivity contribution in [2.24, 2.45) is 5.92 Å². The van der Waals surface area contributed by atoms with E-state index in [2.05, 4.69) is 27.7 Å². The molecule has 1 aromatic heterocycles. The third-order valence-electron chi connectivity index (χ3n) is 7.12. The first-order valence-electron chi connectivity index (χ1n) is 13.0. The second kappa shape index (κ2) is 11.3. The van der Waals surface area contributed by atoms with Gasteiger partial charge in [0.1, 0.15) is 11.4 Å². The van der Waals surface area contributed by atoms with E-state index in [1.54, 1.807) is 43.5 Å². The van der Waals surface area contributed by atoms with E-state index in [1.807, 2.05) is 47.2 Å². The Labute approximate surface area is 228 Å². The summed E-state index contributed by atoms with van der Waals surface area (Å²) in [5.74, 6) is 1.04. The van der Waals surface area contributed by atoms with Gasteiger partial charge in [0, 0.05) is 51.0 Å². The van der Waals surface area contributed by atoms with E-state index < -0.39 is 0 Å². The Morgan fingerprint density at radius 3 is 2.51 bits per heavy atom. The lowest BCUT2D eigenvalue weighted by atomic mass is 10.1. The van der Waals surface area contributed by atoms with Crippen LogP contribution in [-0.2, 0) is 4.79 Å². The zero-order valence-corrected chi connectivity index (χ0v) is 22.7. The molecular formula is C28H34N8O3. The van der Waals surface area contributed by atoms with Crippen LogP contribution in [0.3, 0.4) is 0 Å². The van der Waals surface area contributed by atoms with Gasteiger partial charge in [0.2, 0.25) is 11.9 Å². The predicted octanol–water partition coefficient (Wildman–Crippen LogP) is 2.87. The van der Waals surface area contributed by atoms with Gasteiger partial charge in [-0.1, -0.05) is 25.1 Å². The summed E-state index contributed by atoms with van der Waals surface area (Å²) < 4.78 is 5.60. The normalized spacial score (nSPS) is 18.4. The highest BCUT2D eigenvalue weighted by Crippen LogP contribution is 2.37. The number of rotatable bonds is 6. The van der Waals surface area contributed by atoms with Gasteiger partial charge in [-0.05, 0) is 37.4 Å². The molecule has 2 N–H and O–H groups in total. The number of carbonyl (C=O) groups is 2. The number of methoxy groups -OCH3 is 1. The lowest BCUT2D eigenvalue weighted by Gasteiger charge is -2.32. The fourth-order valence-electron chi connectivity index (χ4n) is 4.77. The molecule has 1 atom stereocenters. The van der Waals surface area contributed by atoms with E-state index in [0.717, 1.165) is 31.9 Å². The third kappa shape index (κ3) is 5.64. The van der Waals surface area contributed by atoms with Crippen LogP contribution in [-0.4, -0.2) is 85.6 Å². The van der Waals surface area contributed by atoms with E-state index in [0.29, 0.717) is 41.0 Å². The number of aromatic nitrogens is 2. The van der Waals surface area contributed by atoms with Gasteiger partial charge in [0.15, 0.2) is 5.82 Å². The highest BCUT2D eigenvalue weighted by Gasteiger charge is 2.31. The van der Waals surface area contributed by atoms with Crippen LogP contribution in [0.1, 0.15) is 17.3 Å². The van der Waals surface area contributed by atoms with E-state index in [4.69, 9.17) is 9.72 Å². The Hall–Kier alpha value is -4.22. The van der Waals surface area contributed by atoms with E-state index >= 15 is 0 Å². The fourth-order valence-corrected chi connectivity index (χ4v) is 4.77. The van der Waals surface area contributed by atoms with Crippen LogP contribution in [0, 0.1) is 5.92 Å². The Bertz CT molecular complexity index is 1340. The molecule has 0 saturated carbocycles. The fraction of sp³-hybridized carbons (Fsp3) is 0.357. The molecule has 3 heterocycles. The summed E-state index contributed by atoms with van der Waals surface area (Å²) in [6.45, 7) is 5.74. The number of hydrogen-bond donors (Lipinski definition) is 2. The molecule has 0 aliphatic carbocycles. The minimum absolute atomic E-state index is 0.00565. The number of anilines is 5. The molecular weight excluding hydrogens is 496 g/mol. The molecule has 1 unspecified atom stereocenters. The standard InChI is InChI=1S/C28H34N8O3/c1-19-18-36(21-8-6-5-7-9-21)25-23(34(3)27(19)38)17-29-28(31-25)30-22-11-10-20(16-24(22)39-4)26(37)32-35-14-12-33(2)13-15-35/h5-11,16-17,19H,12-15,18H2,1-4H3,(H,32,37)(H,29,30,31). The number of amides is 2. The molecule has 5 rings (SSSR count). The van der Waals surface area contributed by atoms with Gasteiger partial charge in [-0.2, -0.15) is 4.98 Å². The number of likely N-dealkylation sites (N-methyl/N-ethyl adjacent to an activating group) is 1. The van der Waals surface area contributed by atoms with Gasteiger partial charge in [-0.15, -0.1) is 0 Å². The van der Waals surface area contributed by atoms with Crippen molar-refractivity contribution in [2.45, 2.75) is 6.92 Å².